The van der Waals surface area contributed by atoms with E-state index in [0.717, 1.165) is 23.0 Å². The minimum atomic E-state index is -0.258. The van der Waals surface area contributed by atoms with Gasteiger partial charge in [-0.2, -0.15) is 0 Å². The number of hydrogen-bond acceptors (Lipinski definition) is 4. The van der Waals surface area contributed by atoms with Crippen molar-refractivity contribution in [1.29, 1.82) is 0 Å². The van der Waals surface area contributed by atoms with Crippen molar-refractivity contribution in [3.8, 4) is 0 Å². The Morgan fingerprint density at radius 1 is 1.39 bits per heavy atom. The molecule has 0 amide bonds. The maximum atomic E-state index is 9.53. The summed E-state index contributed by atoms with van der Waals surface area (Å²) in [5.41, 5.74) is 8.42. The number of nitrogens with two attached hydrogens (primary N) is 1. The van der Waals surface area contributed by atoms with E-state index >= 15 is 0 Å². The van der Waals surface area contributed by atoms with Gasteiger partial charge in [-0.15, -0.1) is 0 Å². The second kappa shape index (κ2) is 5.69. The Bertz CT molecular complexity index is 527. The highest BCUT2D eigenvalue weighted by atomic mass is 16.3. The molecule has 96 valence electrons. The number of nitrogen functional groups attached to an aromatic ring is 1. The third-order valence-corrected chi connectivity index (χ3v) is 3.06. The molecule has 0 radical (unpaired) electrons. The normalized spacial score (nSPS) is 12.6. The number of aliphatic hydroxyl groups excluding tert-OH is 1. The lowest BCUT2D eigenvalue weighted by Crippen LogP contribution is -2.13. The summed E-state index contributed by atoms with van der Waals surface area (Å²) in [5.74, 6) is 0. The maximum Gasteiger partial charge on any atom is 0.0743 e. The van der Waals surface area contributed by atoms with Crippen LogP contribution in [0.1, 0.15) is 19.8 Å². The molecule has 0 saturated heterocycles. The lowest BCUT2D eigenvalue weighted by atomic mass is 10.1. The Balaban J connectivity index is 2.18. The second-order valence-corrected chi connectivity index (χ2v) is 4.38. The smallest absolute Gasteiger partial charge is 0.0743 e. The average Bonchev–Trinajstić information content (AvgIpc) is 2.41. The number of rotatable bonds is 5. The van der Waals surface area contributed by atoms with Gasteiger partial charge < -0.3 is 16.2 Å². The van der Waals surface area contributed by atoms with Crippen LogP contribution in [0.2, 0.25) is 0 Å². The maximum absolute atomic E-state index is 9.53. The summed E-state index contributed by atoms with van der Waals surface area (Å²) in [5, 5.41) is 13.8. The third-order valence-electron chi connectivity index (χ3n) is 3.06. The van der Waals surface area contributed by atoms with Crippen LogP contribution in [-0.2, 0) is 0 Å². The van der Waals surface area contributed by atoms with E-state index in [0.29, 0.717) is 18.7 Å². The zero-order valence-corrected chi connectivity index (χ0v) is 10.6. The van der Waals surface area contributed by atoms with Crippen molar-refractivity contribution in [2.45, 2.75) is 25.9 Å². The highest BCUT2D eigenvalue weighted by Gasteiger charge is 2.06. The van der Waals surface area contributed by atoms with Gasteiger partial charge in [0.15, 0.2) is 0 Å². The van der Waals surface area contributed by atoms with Crippen molar-refractivity contribution in [2.24, 2.45) is 0 Å². The van der Waals surface area contributed by atoms with E-state index in [1.165, 1.54) is 0 Å². The summed E-state index contributed by atoms with van der Waals surface area (Å²) in [4.78, 5) is 4.29. The van der Waals surface area contributed by atoms with Crippen molar-refractivity contribution in [1.82, 2.24) is 4.98 Å². The predicted molar refractivity (Wildman–Crippen MR) is 75.6 cm³/mol. The Kier molecular flexibility index (Phi) is 3.99. The number of nitrogens with one attached hydrogen (secondary N) is 1. The topological polar surface area (TPSA) is 71.2 Å². The fraction of sp³-hybridized carbons (Fsp3) is 0.357. The molecule has 1 heterocycles. The quantitative estimate of drug-likeness (QED) is 0.756. The predicted octanol–water partition coefficient (Wildman–Crippen LogP) is 2.39. The van der Waals surface area contributed by atoms with Crippen LogP contribution in [-0.4, -0.2) is 22.7 Å². The van der Waals surface area contributed by atoms with Gasteiger partial charge in [0.05, 0.1) is 29.2 Å². The van der Waals surface area contributed by atoms with Crippen LogP contribution in [0.25, 0.3) is 10.9 Å². The molecule has 0 aliphatic rings. The van der Waals surface area contributed by atoms with Gasteiger partial charge in [0.1, 0.15) is 0 Å². The van der Waals surface area contributed by atoms with Crippen LogP contribution >= 0.6 is 0 Å². The van der Waals surface area contributed by atoms with Crippen LogP contribution in [0, 0.1) is 0 Å². The zero-order valence-electron chi connectivity index (χ0n) is 10.6. The number of benzene rings is 1. The first-order chi connectivity index (χ1) is 8.72. The number of aliphatic hydroxyl groups is 1. The van der Waals surface area contributed by atoms with Crippen molar-refractivity contribution < 1.29 is 5.11 Å². The van der Waals surface area contributed by atoms with Crippen molar-refractivity contribution in [3.63, 3.8) is 0 Å². The molecule has 0 fully saturated rings. The molecule has 2 rings (SSSR count). The van der Waals surface area contributed by atoms with Gasteiger partial charge in [-0.25, -0.2) is 0 Å². The first kappa shape index (κ1) is 12.6. The van der Waals surface area contributed by atoms with E-state index in [1.54, 1.807) is 6.20 Å². The lowest BCUT2D eigenvalue weighted by molar-refractivity contribution is 0.164. The van der Waals surface area contributed by atoms with E-state index in [1.807, 2.05) is 31.2 Å². The number of pyridine rings is 1. The van der Waals surface area contributed by atoms with Crippen molar-refractivity contribution >= 4 is 22.3 Å². The van der Waals surface area contributed by atoms with E-state index < -0.39 is 0 Å². The Labute approximate surface area is 107 Å². The second-order valence-electron chi connectivity index (χ2n) is 4.38. The van der Waals surface area contributed by atoms with Crippen molar-refractivity contribution in [3.05, 3.63) is 30.5 Å². The number of anilines is 2. The summed E-state index contributed by atoms with van der Waals surface area (Å²) in [6, 6.07) is 7.88. The molecule has 0 aliphatic heterocycles. The van der Waals surface area contributed by atoms with Gasteiger partial charge in [0.25, 0.3) is 0 Å². The summed E-state index contributed by atoms with van der Waals surface area (Å²) < 4.78 is 0. The molecule has 0 saturated carbocycles. The minimum absolute atomic E-state index is 0.258. The first-order valence-electron chi connectivity index (χ1n) is 6.27. The fourth-order valence-electron chi connectivity index (χ4n) is 1.92. The average molecular weight is 245 g/mol. The number of hydrogen-bond donors (Lipinski definition) is 3. The fourth-order valence-corrected chi connectivity index (χ4v) is 1.92. The molecule has 18 heavy (non-hydrogen) atoms. The van der Waals surface area contributed by atoms with Gasteiger partial charge in [-0.05, 0) is 18.9 Å². The summed E-state index contributed by atoms with van der Waals surface area (Å²) in [6.07, 6.45) is 2.90. The number of fused-ring (bicyclic) bond motifs is 1. The van der Waals surface area contributed by atoms with E-state index in [9.17, 15) is 5.11 Å². The van der Waals surface area contributed by atoms with Crippen LogP contribution in [0.15, 0.2) is 30.5 Å². The summed E-state index contributed by atoms with van der Waals surface area (Å²) in [7, 11) is 0. The van der Waals surface area contributed by atoms with Crippen LogP contribution in [0.4, 0.5) is 11.4 Å². The molecule has 4 N–H and O–H groups in total. The zero-order chi connectivity index (χ0) is 13.0. The molecule has 1 aromatic carbocycles. The Morgan fingerprint density at radius 3 is 2.94 bits per heavy atom. The van der Waals surface area contributed by atoms with Crippen LogP contribution in [0.3, 0.4) is 0 Å². The van der Waals surface area contributed by atoms with Gasteiger partial charge in [-0.3, -0.25) is 4.98 Å². The van der Waals surface area contributed by atoms with E-state index in [-0.39, 0.29) is 6.10 Å². The van der Waals surface area contributed by atoms with Crippen molar-refractivity contribution in [2.75, 3.05) is 17.6 Å². The molecular formula is C14H19N3O. The summed E-state index contributed by atoms with van der Waals surface area (Å²) in [6.45, 7) is 2.67. The number of nitrogens with zero attached hydrogens (tertiary/aromatic N) is 1. The molecule has 1 aromatic heterocycles. The molecule has 4 heteroatoms. The van der Waals surface area contributed by atoms with Crippen LogP contribution < -0.4 is 11.1 Å². The van der Waals surface area contributed by atoms with E-state index in [4.69, 9.17) is 5.73 Å². The highest BCUT2D eigenvalue weighted by molar-refractivity contribution is 5.96. The van der Waals surface area contributed by atoms with Gasteiger partial charge >= 0.3 is 0 Å². The molecule has 4 nitrogen and oxygen atoms in total. The standard InChI is InChI=1S/C14H19N3O/c1-2-10(18)7-8-16-14-11-5-3-4-6-13(11)17-9-12(14)15/h3-6,9-10,18H,2,7-8,15H2,1H3,(H,16,17). The Hall–Kier alpha value is -1.81. The Morgan fingerprint density at radius 2 is 2.17 bits per heavy atom. The van der Waals surface area contributed by atoms with Gasteiger partial charge in [-0.1, -0.05) is 25.1 Å². The molecule has 0 spiro atoms. The SMILES string of the molecule is CCC(O)CCNc1c(N)cnc2ccccc12. The minimum Gasteiger partial charge on any atom is -0.396 e. The number of aromatic nitrogens is 1. The van der Waals surface area contributed by atoms with Gasteiger partial charge in [0.2, 0.25) is 0 Å². The lowest BCUT2D eigenvalue weighted by Gasteiger charge is -2.13. The number of para-hydroxylation sites is 1. The van der Waals surface area contributed by atoms with Gasteiger partial charge in [0, 0.05) is 11.9 Å². The van der Waals surface area contributed by atoms with Crippen LogP contribution in [0.5, 0.6) is 0 Å². The third kappa shape index (κ3) is 2.71. The molecule has 1 atom stereocenters. The molecular weight excluding hydrogens is 226 g/mol. The molecule has 1 unspecified atom stereocenters. The highest BCUT2D eigenvalue weighted by Crippen LogP contribution is 2.27. The molecule has 0 aliphatic carbocycles. The molecule has 2 aromatic rings. The summed E-state index contributed by atoms with van der Waals surface area (Å²) >= 11 is 0. The monoisotopic (exact) mass is 245 g/mol. The van der Waals surface area contributed by atoms with E-state index in [2.05, 4.69) is 10.3 Å². The largest absolute Gasteiger partial charge is 0.396 e. The molecule has 0 bridgehead atoms. The first-order valence-corrected chi connectivity index (χ1v) is 6.27.